The first kappa shape index (κ1) is 15.5. The first-order chi connectivity index (χ1) is 9.63. The summed E-state index contributed by atoms with van der Waals surface area (Å²) in [4.78, 5) is 2.52. The maximum atomic E-state index is 6.46. The third-order valence-corrected chi connectivity index (χ3v) is 5.32. The summed E-state index contributed by atoms with van der Waals surface area (Å²) < 4.78 is 0. The molecule has 2 heteroatoms. The summed E-state index contributed by atoms with van der Waals surface area (Å²) in [6, 6.07) is 11.7. The van der Waals surface area contributed by atoms with E-state index in [0.717, 1.165) is 5.92 Å². The van der Waals surface area contributed by atoms with Crippen LogP contribution in [0.4, 0.5) is 0 Å². The molecule has 2 nitrogen and oxygen atoms in total. The number of likely N-dealkylation sites (N-methyl/N-ethyl adjacent to an activating group) is 1. The summed E-state index contributed by atoms with van der Waals surface area (Å²) in [5.41, 5.74) is 7.70. The standard InChI is InChI=1S/C18H30N2/c1-4-15-10-12-17(13-11-15)20(3)14(2)18(19)16-8-6-5-7-9-16/h5-9,14-15,17-18H,4,10-13,19H2,1-3H3. The van der Waals surface area contributed by atoms with Crippen LogP contribution in [0.25, 0.3) is 0 Å². The van der Waals surface area contributed by atoms with E-state index in [9.17, 15) is 0 Å². The van der Waals surface area contributed by atoms with Crippen molar-refractivity contribution in [3.63, 3.8) is 0 Å². The van der Waals surface area contributed by atoms with Crippen molar-refractivity contribution in [2.75, 3.05) is 7.05 Å². The van der Waals surface area contributed by atoms with Crippen LogP contribution in [0.15, 0.2) is 30.3 Å². The Kier molecular flexibility index (Phi) is 5.62. The van der Waals surface area contributed by atoms with E-state index in [0.29, 0.717) is 12.1 Å². The summed E-state index contributed by atoms with van der Waals surface area (Å²) in [5, 5.41) is 0. The molecule has 0 radical (unpaired) electrons. The molecule has 0 spiro atoms. The lowest BCUT2D eigenvalue weighted by molar-refractivity contribution is 0.113. The monoisotopic (exact) mass is 274 g/mol. The summed E-state index contributed by atoms with van der Waals surface area (Å²) in [6.45, 7) is 4.59. The van der Waals surface area contributed by atoms with Crippen LogP contribution in [-0.2, 0) is 0 Å². The Bertz CT molecular complexity index is 382. The van der Waals surface area contributed by atoms with Gasteiger partial charge in [-0.25, -0.2) is 0 Å². The minimum Gasteiger partial charge on any atom is -0.323 e. The quantitative estimate of drug-likeness (QED) is 0.880. The molecule has 0 saturated heterocycles. The van der Waals surface area contributed by atoms with Crippen molar-refractivity contribution >= 4 is 0 Å². The molecule has 1 fully saturated rings. The van der Waals surface area contributed by atoms with Crippen LogP contribution >= 0.6 is 0 Å². The molecule has 1 aliphatic rings. The van der Waals surface area contributed by atoms with Crippen molar-refractivity contribution in [1.29, 1.82) is 0 Å². The molecular formula is C18H30N2. The number of nitrogens with zero attached hydrogens (tertiary/aromatic N) is 1. The summed E-state index contributed by atoms with van der Waals surface area (Å²) in [6.07, 6.45) is 6.79. The molecule has 0 amide bonds. The molecule has 1 aliphatic carbocycles. The number of benzene rings is 1. The van der Waals surface area contributed by atoms with Gasteiger partial charge in [0, 0.05) is 18.1 Å². The second-order valence-electron chi connectivity index (χ2n) is 6.43. The summed E-state index contributed by atoms with van der Waals surface area (Å²) >= 11 is 0. The normalized spacial score (nSPS) is 26.4. The van der Waals surface area contributed by atoms with Gasteiger partial charge >= 0.3 is 0 Å². The Morgan fingerprint density at radius 2 is 1.75 bits per heavy atom. The van der Waals surface area contributed by atoms with E-state index < -0.39 is 0 Å². The molecule has 2 unspecified atom stereocenters. The average molecular weight is 274 g/mol. The SMILES string of the molecule is CCC1CCC(N(C)C(C)C(N)c2ccccc2)CC1. The van der Waals surface area contributed by atoms with Gasteiger partial charge in [-0.3, -0.25) is 4.90 Å². The predicted octanol–water partition coefficient (Wildman–Crippen LogP) is 3.98. The topological polar surface area (TPSA) is 29.3 Å². The van der Waals surface area contributed by atoms with E-state index >= 15 is 0 Å². The number of rotatable bonds is 5. The third kappa shape index (κ3) is 3.62. The molecule has 0 heterocycles. The Hall–Kier alpha value is -0.860. The Balaban J connectivity index is 1.93. The Labute approximate surface area is 124 Å². The van der Waals surface area contributed by atoms with Crippen LogP contribution in [0.5, 0.6) is 0 Å². The second kappa shape index (κ2) is 7.24. The van der Waals surface area contributed by atoms with Gasteiger partial charge in [0.25, 0.3) is 0 Å². The van der Waals surface area contributed by atoms with Gasteiger partial charge in [-0.15, -0.1) is 0 Å². The fourth-order valence-corrected chi connectivity index (χ4v) is 3.50. The van der Waals surface area contributed by atoms with Gasteiger partial charge < -0.3 is 5.73 Å². The molecule has 0 aromatic heterocycles. The molecule has 112 valence electrons. The molecule has 20 heavy (non-hydrogen) atoms. The van der Waals surface area contributed by atoms with E-state index in [2.05, 4.69) is 56.1 Å². The zero-order valence-corrected chi connectivity index (χ0v) is 13.3. The van der Waals surface area contributed by atoms with E-state index in [4.69, 9.17) is 5.73 Å². The molecule has 1 aromatic rings. The van der Waals surface area contributed by atoms with Crippen LogP contribution in [-0.4, -0.2) is 24.0 Å². The molecule has 2 rings (SSSR count). The molecule has 2 atom stereocenters. The van der Waals surface area contributed by atoms with Gasteiger partial charge in [0.15, 0.2) is 0 Å². The second-order valence-corrected chi connectivity index (χ2v) is 6.43. The largest absolute Gasteiger partial charge is 0.323 e. The smallest absolute Gasteiger partial charge is 0.0450 e. The fraction of sp³-hybridized carbons (Fsp3) is 0.667. The maximum absolute atomic E-state index is 6.46. The molecule has 0 aliphatic heterocycles. The van der Waals surface area contributed by atoms with Crippen LogP contribution in [0, 0.1) is 5.92 Å². The average Bonchev–Trinajstić information content (AvgIpc) is 2.53. The highest BCUT2D eigenvalue weighted by molar-refractivity contribution is 5.20. The molecule has 0 bridgehead atoms. The van der Waals surface area contributed by atoms with Crippen molar-refractivity contribution in [2.45, 2.75) is 64.1 Å². The third-order valence-electron chi connectivity index (χ3n) is 5.32. The minimum atomic E-state index is 0.102. The van der Waals surface area contributed by atoms with E-state index in [1.165, 1.54) is 37.7 Å². The maximum Gasteiger partial charge on any atom is 0.0450 e. The Morgan fingerprint density at radius 1 is 1.15 bits per heavy atom. The number of hydrogen-bond acceptors (Lipinski definition) is 2. The first-order valence-electron chi connectivity index (χ1n) is 8.16. The molecule has 2 N–H and O–H groups in total. The zero-order valence-electron chi connectivity index (χ0n) is 13.3. The summed E-state index contributed by atoms with van der Waals surface area (Å²) in [5.74, 6) is 0.956. The fourth-order valence-electron chi connectivity index (χ4n) is 3.50. The van der Waals surface area contributed by atoms with Crippen LogP contribution in [0.3, 0.4) is 0 Å². The molecular weight excluding hydrogens is 244 g/mol. The number of hydrogen-bond donors (Lipinski definition) is 1. The van der Waals surface area contributed by atoms with Gasteiger partial charge in [0.1, 0.15) is 0 Å². The lowest BCUT2D eigenvalue weighted by atomic mass is 9.83. The highest BCUT2D eigenvalue weighted by atomic mass is 15.2. The van der Waals surface area contributed by atoms with Crippen LogP contribution in [0.2, 0.25) is 0 Å². The van der Waals surface area contributed by atoms with Gasteiger partial charge in [0.05, 0.1) is 0 Å². The van der Waals surface area contributed by atoms with Crippen molar-refractivity contribution < 1.29 is 0 Å². The van der Waals surface area contributed by atoms with Crippen LogP contribution in [0.1, 0.15) is 57.6 Å². The van der Waals surface area contributed by atoms with Gasteiger partial charge in [-0.05, 0) is 51.1 Å². The predicted molar refractivity (Wildman–Crippen MR) is 86.6 cm³/mol. The van der Waals surface area contributed by atoms with Crippen LogP contribution < -0.4 is 5.73 Å². The first-order valence-corrected chi connectivity index (χ1v) is 8.16. The molecule has 1 aromatic carbocycles. The highest BCUT2D eigenvalue weighted by Gasteiger charge is 2.28. The minimum absolute atomic E-state index is 0.102. The van der Waals surface area contributed by atoms with E-state index in [1.807, 2.05) is 0 Å². The van der Waals surface area contributed by atoms with E-state index in [-0.39, 0.29) is 6.04 Å². The zero-order chi connectivity index (χ0) is 14.5. The van der Waals surface area contributed by atoms with Crippen molar-refractivity contribution in [3.05, 3.63) is 35.9 Å². The Morgan fingerprint density at radius 3 is 2.30 bits per heavy atom. The van der Waals surface area contributed by atoms with Crippen molar-refractivity contribution in [2.24, 2.45) is 11.7 Å². The molecule has 1 saturated carbocycles. The van der Waals surface area contributed by atoms with Crippen molar-refractivity contribution in [3.8, 4) is 0 Å². The van der Waals surface area contributed by atoms with Gasteiger partial charge in [0.2, 0.25) is 0 Å². The van der Waals surface area contributed by atoms with Crippen molar-refractivity contribution in [1.82, 2.24) is 4.90 Å². The van der Waals surface area contributed by atoms with E-state index in [1.54, 1.807) is 0 Å². The lowest BCUT2D eigenvalue weighted by Gasteiger charge is -2.40. The highest BCUT2D eigenvalue weighted by Crippen LogP contribution is 2.31. The van der Waals surface area contributed by atoms with Gasteiger partial charge in [-0.2, -0.15) is 0 Å². The summed E-state index contributed by atoms with van der Waals surface area (Å²) in [7, 11) is 2.25. The lowest BCUT2D eigenvalue weighted by Crippen LogP contribution is -2.45. The number of nitrogens with two attached hydrogens (primary N) is 1. The van der Waals surface area contributed by atoms with Gasteiger partial charge in [-0.1, -0.05) is 43.7 Å².